The molecule has 0 aliphatic carbocycles. The van der Waals surface area contributed by atoms with Crippen LogP contribution >= 0.6 is 0 Å². The summed E-state index contributed by atoms with van der Waals surface area (Å²) in [6.45, 7) is 5.09. The maximum absolute atomic E-state index is 13.7. The molecule has 0 aromatic heterocycles. The first-order chi connectivity index (χ1) is 7.81. The quantitative estimate of drug-likeness (QED) is 0.781. The van der Waals surface area contributed by atoms with E-state index in [1.807, 2.05) is 12.1 Å². The highest BCUT2D eigenvalue weighted by molar-refractivity contribution is 5.50. The number of aryl methyl sites for hydroxylation is 1. The third-order valence-corrected chi connectivity index (χ3v) is 2.90. The number of ether oxygens (including phenoxy) is 1. The molecular formula is C13H18FNO. The average Bonchev–Trinajstić information content (AvgIpc) is 2.33. The van der Waals surface area contributed by atoms with Crippen LogP contribution in [-0.4, -0.2) is 26.3 Å². The standard InChI is InChI=1S/C13H18FNO/c1-2-3-11-4-5-12(14)13(10-11)15-6-8-16-9-7-15/h4-5,10H,2-3,6-9H2,1H3. The zero-order chi connectivity index (χ0) is 11.4. The topological polar surface area (TPSA) is 12.5 Å². The van der Waals surface area contributed by atoms with Gasteiger partial charge in [-0.15, -0.1) is 0 Å². The van der Waals surface area contributed by atoms with Gasteiger partial charge < -0.3 is 9.64 Å². The van der Waals surface area contributed by atoms with Gasteiger partial charge in [-0.2, -0.15) is 0 Å². The Bertz CT molecular complexity index is 348. The lowest BCUT2D eigenvalue weighted by atomic mass is 10.1. The Morgan fingerprint density at radius 2 is 2.06 bits per heavy atom. The van der Waals surface area contributed by atoms with Gasteiger partial charge in [0.15, 0.2) is 0 Å². The molecule has 0 amide bonds. The summed E-state index contributed by atoms with van der Waals surface area (Å²) in [5.74, 6) is -0.123. The molecule has 1 aliphatic rings. The molecule has 1 heterocycles. The Balaban J connectivity index is 2.19. The Morgan fingerprint density at radius 3 is 2.75 bits per heavy atom. The molecule has 1 aliphatic heterocycles. The van der Waals surface area contributed by atoms with E-state index in [9.17, 15) is 4.39 Å². The second-order valence-electron chi connectivity index (χ2n) is 4.14. The molecule has 1 saturated heterocycles. The molecule has 16 heavy (non-hydrogen) atoms. The van der Waals surface area contributed by atoms with Crippen molar-refractivity contribution in [3.63, 3.8) is 0 Å². The summed E-state index contributed by atoms with van der Waals surface area (Å²) in [5, 5.41) is 0. The minimum Gasteiger partial charge on any atom is -0.378 e. The molecule has 2 nitrogen and oxygen atoms in total. The van der Waals surface area contributed by atoms with E-state index < -0.39 is 0 Å². The molecule has 0 atom stereocenters. The first kappa shape index (κ1) is 11.4. The molecule has 2 rings (SSSR count). The van der Waals surface area contributed by atoms with Crippen molar-refractivity contribution in [3.8, 4) is 0 Å². The van der Waals surface area contributed by atoms with Crippen molar-refractivity contribution in [2.24, 2.45) is 0 Å². The summed E-state index contributed by atoms with van der Waals surface area (Å²) in [6, 6.07) is 5.43. The zero-order valence-corrected chi connectivity index (χ0v) is 9.71. The molecule has 0 bridgehead atoms. The largest absolute Gasteiger partial charge is 0.378 e. The summed E-state index contributed by atoms with van der Waals surface area (Å²) < 4.78 is 19.0. The van der Waals surface area contributed by atoms with Gasteiger partial charge in [-0.1, -0.05) is 19.4 Å². The molecule has 1 fully saturated rings. The minimum atomic E-state index is -0.123. The van der Waals surface area contributed by atoms with E-state index in [0.717, 1.165) is 31.6 Å². The molecule has 0 saturated carbocycles. The normalized spacial score (nSPS) is 16.5. The summed E-state index contributed by atoms with van der Waals surface area (Å²) in [5.41, 5.74) is 1.94. The molecule has 1 aromatic rings. The Hall–Kier alpha value is -1.09. The first-order valence-electron chi connectivity index (χ1n) is 5.92. The highest BCUT2D eigenvalue weighted by Gasteiger charge is 2.15. The maximum Gasteiger partial charge on any atom is 0.146 e. The number of rotatable bonds is 3. The number of hydrogen-bond donors (Lipinski definition) is 0. The fourth-order valence-electron chi connectivity index (χ4n) is 2.05. The number of anilines is 1. The average molecular weight is 223 g/mol. The van der Waals surface area contributed by atoms with Crippen molar-refractivity contribution in [3.05, 3.63) is 29.6 Å². The van der Waals surface area contributed by atoms with Crippen LogP contribution in [0.2, 0.25) is 0 Å². The van der Waals surface area contributed by atoms with E-state index in [1.54, 1.807) is 6.07 Å². The third kappa shape index (κ3) is 2.53. The van der Waals surface area contributed by atoms with E-state index in [0.29, 0.717) is 13.2 Å². The lowest BCUT2D eigenvalue weighted by Gasteiger charge is -2.29. The van der Waals surface area contributed by atoms with Crippen LogP contribution in [0, 0.1) is 5.82 Å². The molecule has 0 spiro atoms. The number of benzene rings is 1. The Labute approximate surface area is 96.0 Å². The fourth-order valence-corrected chi connectivity index (χ4v) is 2.05. The smallest absolute Gasteiger partial charge is 0.146 e. The van der Waals surface area contributed by atoms with Crippen LogP contribution in [0.1, 0.15) is 18.9 Å². The van der Waals surface area contributed by atoms with E-state index in [-0.39, 0.29) is 5.82 Å². The van der Waals surface area contributed by atoms with Gasteiger partial charge in [0.05, 0.1) is 18.9 Å². The van der Waals surface area contributed by atoms with Gasteiger partial charge in [0.25, 0.3) is 0 Å². The lowest BCUT2D eigenvalue weighted by Crippen LogP contribution is -2.36. The van der Waals surface area contributed by atoms with E-state index in [2.05, 4.69) is 11.8 Å². The van der Waals surface area contributed by atoms with Gasteiger partial charge in [-0.3, -0.25) is 0 Å². The van der Waals surface area contributed by atoms with Gasteiger partial charge in [0, 0.05) is 13.1 Å². The monoisotopic (exact) mass is 223 g/mol. The first-order valence-corrected chi connectivity index (χ1v) is 5.92. The molecule has 88 valence electrons. The number of hydrogen-bond acceptors (Lipinski definition) is 2. The van der Waals surface area contributed by atoms with Gasteiger partial charge in [-0.05, 0) is 24.1 Å². The van der Waals surface area contributed by atoms with Gasteiger partial charge in [0.2, 0.25) is 0 Å². The lowest BCUT2D eigenvalue weighted by molar-refractivity contribution is 0.122. The Morgan fingerprint density at radius 1 is 1.31 bits per heavy atom. The number of halogens is 1. The zero-order valence-electron chi connectivity index (χ0n) is 9.71. The highest BCUT2D eigenvalue weighted by Crippen LogP contribution is 2.22. The summed E-state index contributed by atoms with van der Waals surface area (Å²) in [7, 11) is 0. The van der Waals surface area contributed by atoms with Crippen LogP contribution in [0.4, 0.5) is 10.1 Å². The number of nitrogens with zero attached hydrogens (tertiary/aromatic N) is 1. The van der Waals surface area contributed by atoms with Crippen LogP contribution in [0.5, 0.6) is 0 Å². The summed E-state index contributed by atoms with van der Waals surface area (Å²) in [4.78, 5) is 2.07. The van der Waals surface area contributed by atoms with Crippen molar-refractivity contribution in [2.45, 2.75) is 19.8 Å². The van der Waals surface area contributed by atoms with E-state index in [4.69, 9.17) is 4.74 Å². The minimum absolute atomic E-state index is 0.123. The van der Waals surface area contributed by atoms with Crippen LogP contribution in [0.25, 0.3) is 0 Å². The predicted octanol–water partition coefficient (Wildman–Crippen LogP) is 2.61. The summed E-state index contributed by atoms with van der Waals surface area (Å²) >= 11 is 0. The van der Waals surface area contributed by atoms with Gasteiger partial charge in [-0.25, -0.2) is 4.39 Å². The molecular weight excluding hydrogens is 205 g/mol. The molecule has 1 aromatic carbocycles. The van der Waals surface area contributed by atoms with Crippen molar-refractivity contribution in [2.75, 3.05) is 31.2 Å². The van der Waals surface area contributed by atoms with Crippen molar-refractivity contribution >= 4 is 5.69 Å². The fraction of sp³-hybridized carbons (Fsp3) is 0.538. The molecule has 0 radical (unpaired) electrons. The van der Waals surface area contributed by atoms with Crippen molar-refractivity contribution in [1.82, 2.24) is 0 Å². The van der Waals surface area contributed by atoms with Crippen LogP contribution < -0.4 is 4.90 Å². The predicted molar refractivity (Wildman–Crippen MR) is 63.4 cm³/mol. The maximum atomic E-state index is 13.7. The Kier molecular flexibility index (Phi) is 3.78. The second kappa shape index (κ2) is 5.30. The van der Waals surface area contributed by atoms with Crippen molar-refractivity contribution in [1.29, 1.82) is 0 Å². The van der Waals surface area contributed by atoms with E-state index >= 15 is 0 Å². The molecule has 3 heteroatoms. The van der Waals surface area contributed by atoms with Crippen LogP contribution in [0.3, 0.4) is 0 Å². The third-order valence-electron chi connectivity index (χ3n) is 2.90. The molecule has 0 N–H and O–H groups in total. The second-order valence-corrected chi connectivity index (χ2v) is 4.14. The van der Waals surface area contributed by atoms with Crippen LogP contribution in [0.15, 0.2) is 18.2 Å². The molecule has 0 unspecified atom stereocenters. The van der Waals surface area contributed by atoms with Crippen molar-refractivity contribution < 1.29 is 9.13 Å². The van der Waals surface area contributed by atoms with Crippen LogP contribution in [-0.2, 0) is 11.2 Å². The SMILES string of the molecule is CCCc1ccc(F)c(N2CCOCC2)c1. The van der Waals surface area contributed by atoms with Gasteiger partial charge in [0.1, 0.15) is 5.82 Å². The van der Waals surface area contributed by atoms with E-state index in [1.165, 1.54) is 5.56 Å². The van der Waals surface area contributed by atoms with Gasteiger partial charge >= 0.3 is 0 Å². The number of morpholine rings is 1. The summed E-state index contributed by atoms with van der Waals surface area (Å²) in [6.07, 6.45) is 2.10. The highest BCUT2D eigenvalue weighted by atomic mass is 19.1.